The van der Waals surface area contributed by atoms with Crippen LogP contribution in [0.4, 0.5) is 10.5 Å². The molecule has 1 unspecified atom stereocenters. The Morgan fingerprint density at radius 1 is 1.26 bits per heavy atom. The third-order valence-corrected chi connectivity index (χ3v) is 6.26. The molecular formula is C29H35N3O6. The molecule has 0 aromatic heterocycles. The first kappa shape index (κ1) is 28.7. The maximum absolute atomic E-state index is 12.3. The number of nitro groups is 1. The van der Waals surface area contributed by atoms with E-state index in [1.807, 2.05) is 39.8 Å². The number of rotatable bonds is 8. The summed E-state index contributed by atoms with van der Waals surface area (Å²) in [4.78, 5) is 25.2. The standard InChI is InChI=1S/C29H35N3O6/c1-5-22(16-20-7-6-8-21(15-20)19-30)27(33)18-23-17-25(9-10-26(23)32(35)36)37-24-11-13-31(14-12-24)28(34)38-29(2,3)4/h6-10,15-17,24,27,33H,5,11-14,18H2,1-4H3/b22-16+. The zero-order chi connectivity index (χ0) is 27.9. The Bertz CT molecular complexity index is 1220. The number of hydrogen-bond acceptors (Lipinski definition) is 7. The molecule has 2 aromatic rings. The van der Waals surface area contributed by atoms with Crippen molar-refractivity contribution in [3.8, 4) is 11.8 Å². The summed E-state index contributed by atoms with van der Waals surface area (Å²) >= 11 is 0. The number of carbonyl (C=O) groups excluding carboxylic acids is 1. The zero-order valence-corrected chi connectivity index (χ0v) is 22.3. The molecule has 9 nitrogen and oxygen atoms in total. The fraction of sp³-hybridized carbons (Fsp3) is 0.448. The smallest absolute Gasteiger partial charge is 0.410 e. The highest BCUT2D eigenvalue weighted by molar-refractivity contribution is 5.68. The molecule has 0 spiro atoms. The number of aliphatic hydroxyl groups is 1. The molecule has 1 N–H and O–H groups in total. The van der Waals surface area contributed by atoms with Crippen LogP contribution in [0.2, 0.25) is 0 Å². The van der Waals surface area contributed by atoms with E-state index in [9.17, 15) is 20.0 Å². The number of ether oxygens (including phenoxy) is 2. The minimum absolute atomic E-state index is 0.0439. The first-order valence-corrected chi connectivity index (χ1v) is 12.8. The van der Waals surface area contributed by atoms with Gasteiger partial charge in [0.2, 0.25) is 0 Å². The summed E-state index contributed by atoms with van der Waals surface area (Å²) in [5.74, 6) is 0.484. The van der Waals surface area contributed by atoms with Gasteiger partial charge in [-0.25, -0.2) is 4.79 Å². The number of carbonyl (C=O) groups is 1. The number of hydrogen-bond donors (Lipinski definition) is 1. The van der Waals surface area contributed by atoms with Crippen LogP contribution in [-0.2, 0) is 11.2 Å². The minimum atomic E-state index is -0.947. The van der Waals surface area contributed by atoms with Crippen molar-refractivity contribution in [2.45, 2.75) is 71.2 Å². The molecule has 0 radical (unpaired) electrons. The van der Waals surface area contributed by atoms with Crippen molar-refractivity contribution in [2.24, 2.45) is 0 Å². The first-order chi connectivity index (χ1) is 18.0. The fourth-order valence-corrected chi connectivity index (χ4v) is 4.34. The van der Waals surface area contributed by atoms with E-state index in [2.05, 4.69) is 6.07 Å². The number of likely N-dealkylation sites (tertiary alicyclic amines) is 1. The zero-order valence-electron chi connectivity index (χ0n) is 22.3. The highest BCUT2D eigenvalue weighted by atomic mass is 16.6. The number of benzene rings is 2. The third kappa shape index (κ3) is 8.05. The van der Waals surface area contributed by atoms with E-state index in [4.69, 9.17) is 14.7 Å². The lowest BCUT2D eigenvalue weighted by atomic mass is 9.96. The van der Waals surface area contributed by atoms with Gasteiger partial charge in [-0.3, -0.25) is 10.1 Å². The Balaban J connectivity index is 1.71. The monoisotopic (exact) mass is 521 g/mol. The van der Waals surface area contributed by atoms with Gasteiger partial charge in [0.25, 0.3) is 5.69 Å². The Morgan fingerprint density at radius 2 is 1.97 bits per heavy atom. The first-order valence-electron chi connectivity index (χ1n) is 12.8. The SMILES string of the molecule is CC/C(=C\c1cccc(C#N)c1)C(O)Cc1cc(OC2CCN(C(=O)OC(C)(C)C)CC2)ccc1[N+](=O)[O-]. The molecule has 202 valence electrons. The van der Waals surface area contributed by atoms with Gasteiger partial charge in [0, 0.05) is 44.0 Å². The van der Waals surface area contributed by atoms with E-state index in [0.29, 0.717) is 54.8 Å². The molecule has 1 heterocycles. The van der Waals surface area contributed by atoms with Crippen LogP contribution in [0.25, 0.3) is 6.08 Å². The van der Waals surface area contributed by atoms with Crippen LogP contribution < -0.4 is 4.74 Å². The van der Waals surface area contributed by atoms with Gasteiger partial charge in [-0.1, -0.05) is 25.1 Å². The van der Waals surface area contributed by atoms with Gasteiger partial charge in [0.1, 0.15) is 17.5 Å². The molecule has 2 aromatic carbocycles. The average Bonchev–Trinajstić information content (AvgIpc) is 2.86. The van der Waals surface area contributed by atoms with E-state index in [0.717, 1.165) is 5.56 Å². The Kier molecular flexibility index (Phi) is 9.48. The maximum Gasteiger partial charge on any atom is 0.410 e. The topological polar surface area (TPSA) is 126 Å². The number of nitrogens with zero attached hydrogens (tertiary/aromatic N) is 3. The van der Waals surface area contributed by atoms with Crippen molar-refractivity contribution in [3.05, 3.63) is 74.8 Å². The van der Waals surface area contributed by atoms with E-state index in [1.165, 1.54) is 6.07 Å². The molecule has 1 aliphatic rings. The predicted molar refractivity (Wildman–Crippen MR) is 144 cm³/mol. The van der Waals surface area contributed by atoms with Crippen LogP contribution in [0, 0.1) is 21.4 Å². The van der Waals surface area contributed by atoms with Gasteiger partial charge in [0.05, 0.1) is 22.7 Å². The molecule has 9 heteroatoms. The molecule has 3 rings (SSSR count). The van der Waals surface area contributed by atoms with Crippen LogP contribution in [0.3, 0.4) is 0 Å². The molecule has 1 atom stereocenters. The van der Waals surface area contributed by atoms with Crippen LogP contribution >= 0.6 is 0 Å². The van der Waals surface area contributed by atoms with Crippen LogP contribution in [0.1, 0.15) is 63.6 Å². The van der Waals surface area contributed by atoms with E-state index < -0.39 is 16.6 Å². The second kappa shape index (κ2) is 12.6. The Morgan fingerprint density at radius 3 is 2.58 bits per heavy atom. The molecule has 1 amide bonds. The van der Waals surface area contributed by atoms with Gasteiger partial charge in [-0.15, -0.1) is 0 Å². The molecule has 1 fully saturated rings. The van der Waals surface area contributed by atoms with E-state index >= 15 is 0 Å². The van der Waals surface area contributed by atoms with Crippen molar-refractivity contribution >= 4 is 17.9 Å². The van der Waals surface area contributed by atoms with Gasteiger partial charge in [-0.05, 0) is 62.6 Å². The Hall–Kier alpha value is -3.90. The summed E-state index contributed by atoms with van der Waals surface area (Å²) in [7, 11) is 0. The quantitative estimate of drug-likeness (QED) is 0.352. The van der Waals surface area contributed by atoms with Crippen molar-refractivity contribution in [1.82, 2.24) is 4.90 Å². The second-order valence-electron chi connectivity index (χ2n) is 10.4. The Labute approximate surface area is 223 Å². The molecule has 0 saturated carbocycles. The number of amides is 1. The second-order valence-corrected chi connectivity index (χ2v) is 10.4. The van der Waals surface area contributed by atoms with Crippen LogP contribution in [-0.4, -0.2) is 51.9 Å². The highest BCUT2D eigenvalue weighted by Crippen LogP contribution is 2.29. The molecule has 0 aliphatic carbocycles. The van der Waals surface area contributed by atoms with Gasteiger partial charge in [0.15, 0.2) is 0 Å². The van der Waals surface area contributed by atoms with Crippen molar-refractivity contribution < 1.29 is 24.3 Å². The summed E-state index contributed by atoms with van der Waals surface area (Å²) < 4.78 is 11.6. The molecule has 0 bridgehead atoms. The van der Waals surface area contributed by atoms with E-state index in [1.54, 1.807) is 35.2 Å². The number of piperidine rings is 1. The minimum Gasteiger partial charge on any atom is -0.490 e. The number of nitro benzene ring substituents is 1. The maximum atomic E-state index is 12.3. The summed E-state index contributed by atoms with van der Waals surface area (Å²) in [6.07, 6.45) is 2.18. The lowest BCUT2D eigenvalue weighted by Crippen LogP contribution is -2.44. The molecular weight excluding hydrogens is 486 g/mol. The largest absolute Gasteiger partial charge is 0.490 e. The van der Waals surface area contributed by atoms with Gasteiger partial charge in [-0.2, -0.15) is 5.26 Å². The third-order valence-electron chi connectivity index (χ3n) is 6.26. The normalized spacial score (nSPS) is 15.5. The van der Waals surface area contributed by atoms with E-state index in [-0.39, 0.29) is 24.3 Å². The van der Waals surface area contributed by atoms with Gasteiger partial charge < -0.3 is 19.5 Å². The van der Waals surface area contributed by atoms with Crippen molar-refractivity contribution in [2.75, 3.05) is 13.1 Å². The molecule has 38 heavy (non-hydrogen) atoms. The van der Waals surface area contributed by atoms with Gasteiger partial charge >= 0.3 is 6.09 Å². The average molecular weight is 522 g/mol. The summed E-state index contributed by atoms with van der Waals surface area (Å²) in [5, 5.41) is 31.8. The lowest BCUT2D eigenvalue weighted by Gasteiger charge is -2.33. The molecule has 1 aliphatic heterocycles. The van der Waals surface area contributed by atoms with Crippen molar-refractivity contribution in [1.29, 1.82) is 5.26 Å². The summed E-state index contributed by atoms with van der Waals surface area (Å²) in [6, 6.07) is 13.7. The summed E-state index contributed by atoms with van der Waals surface area (Å²) in [6.45, 7) is 8.38. The lowest BCUT2D eigenvalue weighted by molar-refractivity contribution is -0.385. The number of aliphatic hydroxyl groups excluding tert-OH is 1. The predicted octanol–water partition coefficient (Wildman–Crippen LogP) is 5.64. The number of nitriles is 1. The summed E-state index contributed by atoms with van der Waals surface area (Å²) in [5.41, 5.74) is 1.73. The van der Waals surface area contributed by atoms with Crippen LogP contribution in [0.5, 0.6) is 5.75 Å². The highest BCUT2D eigenvalue weighted by Gasteiger charge is 2.28. The van der Waals surface area contributed by atoms with Crippen LogP contribution in [0.15, 0.2) is 48.0 Å². The fourth-order valence-electron chi connectivity index (χ4n) is 4.34. The van der Waals surface area contributed by atoms with Crippen molar-refractivity contribution in [3.63, 3.8) is 0 Å². The molecule has 1 saturated heterocycles.